The molecule has 5 aromatic rings. The predicted molar refractivity (Wildman–Crippen MR) is 152 cm³/mol. The van der Waals surface area contributed by atoms with E-state index in [0.29, 0.717) is 40.3 Å². The van der Waals surface area contributed by atoms with E-state index in [1.54, 1.807) is 30.7 Å². The van der Waals surface area contributed by atoms with Crippen molar-refractivity contribution in [2.75, 3.05) is 18.0 Å². The number of rotatable bonds is 4. The van der Waals surface area contributed by atoms with Gasteiger partial charge in [0.25, 0.3) is 5.56 Å². The summed E-state index contributed by atoms with van der Waals surface area (Å²) in [4.78, 5) is 39.2. The molecule has 1 atom stereocenters. The minimum atomic E-state index is -0.484. The maximum Gasteiger partial charge on any atom is 0.332 e. The Morgan fingerprint density at radius 2 is 1.87 bits per heavy atom. The van der Waals surface area contributed by atoms with E-state index < -0.39 is 11.2 Å². The maximum atomic E-state index is 14.0. The number of hydrogen-bond donors (Lipinski definition) is 2. The number of imidazole rings is 1. The van der Waals surface area contributed by atoms with Gasteiger partial charge in [-0.1, -0.05) is 36.3 Å². The second kappa shape index (κ2) is 9.60. The fourth-order valence-corrected chi connectivity index (χ4v) is 5.57. The van der Waals surface area contributed by atoms with Crippen LogP contribution in [0.15, 0.2) is 52.1 Å². The molecule has 3 N–H and O–H groups in total. The zero-order valence-electron chi connectivity index (χ0n) is 21.9. The lowest BCUT2D eigenvalue weighted by molar-refractivity contribution is 0.482. The largest absolute Gasteiger partial charge is 0.507 e. The number of anilines is 1. The number of benzene rings is 2. The molecule has 39 heavy (non-hydrogen) atoms. The molecular weight excluding hydrogens is 494 g/mol. The van der Waals surface area contributed by atoms with Crippen LogP contribution in [0, 0.1) is 11.8 Å². The van der Waals surface area contributed by atoms with Gasteiger partial charge in [-0.3, -0.25) is 23.5 Å². The molecule has 2 aromatic carbocycles. The minimum Gasteiger partial charge on any atom is -0.507 e. The van der Waals surface area contributed by atoms with Crippen LogP contribution in [0.3, 0.4) is 0 Å². The second-order valence-corrected chi connectivity index (χ2v) is 9.95. The Bertz CT molecular complexity index is 1940. The van der Waals surface area contributed by atoms with E-state index in [1.807, 2.05) is 30.3 Å². The number of aryl methyl sites for hydroxylation is 1. The summed E-state index contributed by atoms with van der Waals surface area (Å²) in [6.07, 6.45) is 1.85. The van der Waals surface area contributed by atoms with Gasteiger partial charge in [0.15, 0.2) is 11.2 Å². The summed E-state index contributed by atoms with van der Waals surface area (Å²) in [6.45, 7) is 3.35. The van der Waals surface area contributed by atoms with Gasteiger partial charge in [0.05, 0.1) is 24.3 Å². The Morgan fingerprint density at radius 3 is 2.64 bits per heavy atom. The molecule has 10 nitrogen and oxygen atoms in total. The first-order valence-corrected chi connectivity index (χ1v) is 13.0. The zero-order chi connectivity index (χ0) is 27.3. The first-order valence-electron chi connectivity index (χ1n) is 13.0. The summed E-state index contributed by atoms with van der Waals surface area (Å²) in [7, 11) is 1.62. The highest BCUT2D eigenvalue weighted by Gasteiger charge is 2.26. The second-order valence-electron chi connectivity index (χ2n) is 9.95. The predicted octanol–water partition coefficient (Wildman–Crippen LogP) is 2.30. The molecule has 0 unspecified atom stereocenters. The van der Waals surface area contributed by atoms with Crippen molar-refractivity contribution in [2.45, 2.75) is 38.9 Å². The van der Waals surface area contributed by atoms with Gasteiger partial charge in [0, 0.05) is 37.0 Å². The van der Waals surface area contributed by atoms with Gasteiger partial charge in [-0.15, -0.1) is 5.92 Å². The third-order valence-corrected chi connectivity index (χ3v) is 7.46. The number of pyridine rings is 1. The molecule has 4 heterocycles. The minimum absolute atomic E-state index is 0.0106. The van der Waals surface area contributed by atoms with Crippen LogP contribution >= 0.6 is 0 Å². The molecule has 0 spiro atoms. The van der Waals surface area contributed by atoms with Gasteiger partial charge in [0.1, 0.15) is 5.75 Å². The van der Waals surface area contributed by atoms with Gasteiger partial charge < -0.3 is 15.7 Å². The molecule has 0 saturated carbocycles. The van der Waals surface area contributed by atoms with E-state index in [-0.39, 0.29) is 24.9 Å². The Kier molecular flexibility index (Phi) is 6.08. The molecule has 0 amide bonds. The number of nitrogens with two attached hydrogens (primary N) is 1. The topological polar surface area (TPSA) is 124 Å². The molecule has 3 aromatic heterocycles. The van der Waals surface area contributed by atoms with Crippen LogP contribution in [0.1, 0.15) is 25.5 Å². The highest BCUT2D eigenvalue weighted by Crippen LogP contribution is 2.32. The molecule has 1 saturated heterocycles. The average molecular weight is 524 g/mol. The van der Waals surface area contributed by atoms with Crippen LogP contribution < -0.4 is 21.9 Å². The quantitative estimate of drug-likeness (QED) is 0.274. The molecule has 10 heteroatoms. The monoisotopic (exact) mass is 523 g/mol. The van der Waals surface area contributed by atoms with Crippen LogP contribution in [-0.2, 0) is 20.1 Å². The molecule has 0 radical (unpaired) electrons. The van der Waals surface area contributed by atoms with Gasteiger partial charge >= 0.3 is 5.69 Å². The zero-order valence-corrected chi connectivity index (χ0v) is 21.9. The van der Waals surface area contributed by atoms with E-state index in [0.717, 1.165) is 30.2 Å². The summed E-state index contributed by atoms with van der Waals surface area (Å²) < 4.78 is 4.41. The number of aromatic hydroxyl groups is 1. The number of fused-ring (bicyclic) bond motifs is 4. The molecule has 1 aliphatic rings. The Labute approximate surface area is 223 Å². The molecule has 198 valence electrons. The van der Waals surface area contributed by atoms with Crippen molar-refractivity contribution < 1.29 is 5.11 Å². The lowest BCUT2D eigenvalue weighted by Crippen LogP contribution is -2.44. The van der Waals surface area contributed by atoms with Crippen molar-refractivity contribution in [3.8, 4) is 17.6 Å². The summed E-state index contributed by atoms with van der Waals surface area (Å²) in [5.41, 5.74) is 7.08. The average Bonchev–Trinajstić information content (AvgIpc) is 3.32. The lowest BCUT2D eigenvalue weighted by atomic mass is 10.0. The van der Waals surface area contributed by atoms with Gasteiger partial charge in [0.2, 0.25) is 5.95 Å². The molecule has 0 aliphatic carbocycles. The number of phenols is 1. The summed E-state index contributed by atoms with van der Waals surface area (Å²) >= 11 is 0. The van der Waals surface area contributed by atoms with Crippen molar-refractivity contribution in [2.24, 2.45) is 12.8 Å². The first kappa shape index (κ1) is 24.7. The highest BCUT2D eigenvalue weighted by atomic mass is 16.3. The van der Waals surface area contributed by atoms with Gasteiger partial charge in [-0.05, 0) is 37.3 Å². The smallest absolute Gasteiger partial charge is 0.332 e. The molecule has 1 aliphatic heterocycles. The number of nitrogens with zero attached hydrogens (tertiary/aromatic N) is 6. The van der Waals surface area contributed by atoms with Gasteiger partial charge in [-0.25, -0.2) is 4.79 Å². The molecular formula is C29H29N7O3. The first-order chi connectivity index (χ1) is 18.9. The maximum absolute atomic E-state index is 14.0. The van der Waals surface area contributed by atoms with Crippen LogP contribution in [-0.4, -0.2) is 47.9 Å². The van der Waals surface area contributed by atoms with Crippen molar-refractivity contribution in [1.29, 1.82) is 0 Å². The number of phenolic OH excluding ortho intramolecular Hbond substituents is 1. The van der Waals surface area contributed by atoms with Crippen molar-refractivity contribution >= 4 is 38.8 Å². The van der Waals surface area contributed by atoms with Crippen LogP contribution in [0.5, 0.6) is 5.75 Å². The van der Waals surface area contributed by atoms with E-state index in [4.69, 9.17) is 15.7 Å². The summed E-state index contributed by atoms with van der Waals surface area (Å²) in [6, 6.07) is 12.7. The van der Waals surface area contributed by atoms with Gasteiger partial charge in [-0.2, -0.15) is 4.98 Å². The van der Waals surface area contributed by atoms with E-state index in [1.165, 1.54) is 9.13 Å². The fraction of sp³-hybridized carbons (Fsp3) is 0.310. The SMILES string of the molecule is CC#CCn1c(N2CCC[C@@H](N)C2)nc2c1c(=O)n(Cc1nc3cccc(O)c3c3ccccc13)c(=O)n2C. The van der Waals surface area contributed by atoms with Crippen LogP contribution in [0.4, 0.5) is 5.95 Å². The van der Waals surface area contributed by atoms with Crippen molar-refractivity contribution in [1.82, 2.24) is 23.7 Å². The normalized spacial score (nSPS) is 15.7. The Balaban J connectivity index is 1.58. The summed E-state index contributed by atoms with van der Waals surface area (Å²) in [5.74, 6) is 6.68. The van der Waals surface area contributed by atoms with E-state index in [2.05, 4.69) is 16.7 Å². The number of aromatic nitrogens is 5. The molecule has 6 rings (SSSR count). The lowest BCUT2D eigenvalue weighted by Gasteiger charge is -2.31. The highest BCUT2D eigenvalue weighted by molar-refractivity contribution is 6.09. The third kappa shape index (κ3) is 4.02. The molecule has 0 bridgehead atoms. The number of piperidine rings is 1. The Morgan fingerprint density at radius 1 is 1.08 bits per heavy atom. The van der Waals surface area contributed by atoms with Crippen molar-refractivity contribution in [3.05, 3.63) is 69.0 Å². The molecule has 1 fully saturated rings. The number of hydrogen-bond acceptors (Lipinski definition) is 7. The van der Waals surface area contributed by atoms with Crippen LogP contribution in [0.25, 0.3) is 32.8 Å². The standard InChI is InChI=1S/C29H29N7O3/c1-3-4-15-35-25-26(32-28(35)34-14-8-9-18(30)16-34)33(2)29(39)36(27(25)38)17-22-19-10-5-6-11-20(19)24-21(31-22)12-7-13-23(24)37/h5-7,10-13,18,37H,8-9,14-17,30H2,1-2H3/t18-/m1/s1. The van der Waals surface area contributed by atoms with Crippen molar-refractivity contribution in [3.63, 3.8) is 0 Å². The third-order valence-electron chi connectivity index (χ3n) is 7.46. The Hall–Kier alpha value is -4.62. The van der Waals surface area contributed by atoms with E-state index >= 15 is 0 Å². The van der Waals surface area contributed by atoms with E-state index in [9.17, 15) is 14.7 Å². The van der Waals surface area contributed by atoms with Crippen LogP contribution in [0.2, 0.25) is 0 Å². The fourth-order valence-electron chi connectivity index (χ4n) is 5.57. The summed E-state index contributed by atoms with van der Waals surface area (Å²) in [5, 5.41) is 12.7.